The summed E-state index contributed by atoms with van der Waals surface area (Å²) in [4.78, 5) is 11.6. The maximum Gasteiger partial charge on any atom is 0.246 e. The third-order valence-electron chi connectivity index (χ3n) is 2.86. The first-order chi connectivity index (χ1) is 10.3. The molecule has 0 atom stereocenters. The van der Waals surface area contributed by atoms with Gasteiger partial charge in [0, 0.05) is 11.4 Å². The van der Waals surface area contributed by atoms with E-state index in [-0.39, 0.29) is 12.3 Å². The zero-order valence-corrected chi connectivity index (χ0v) is 13.2. The fourth-order valence-corrected chi connectivity index (χ4v) is 3.89. The lowest BCUT2D eigenvalue weighted by atomic mass is 10.3. The number of benzene rings is 1. The number of carbonyl (C=O) groups excluding carboxylic acids is 1. The highest BCUT2D eigenvalue weighted by molar-refractivity contribution is 7.89. The Morgan fingerprint density at radius 3 is 2.36 bits per heavy atom. The number of hydrogen-bond donors (Lipinski definition) is 1. The number of halogens is 2. The Morgan fingerprint density at radius 1 is 1.18 bits per heavy atom. The van der Waals surface area contributed by atoms with E-state index in [1.807, 2.05) is 0 Å². The van der Waals surface area contributed by atoms with Gasteiger partial charge < -0.3 is 0 Å². The fraction of sp³-hybridized carbons (Fsp3) is 0.214. The zero-order valence-electron chi connectivity index (χ0n) is 11.6. The number of hydrogen-bond acceptors (Lipinski definition) is 4. The second-order valence-electron chi connectivity index (χ2n) is 4.52. The molecule has 0 saturated heterocycles. The average Bonchev–Trinajstić information content (AvgIpc) is 2.87. The summed E-state index contributed by atoms with van der Waals surface area (Å²) in [7, 11) is -4.26. The van der Waals surface area contributed by atoms with Gasteiger partial charge in [-0.25, -0.2) is 21.9 Å². The van der Waals surface area contributed by atoms with Crippen LogP contribution in [0.25, 0.3) is 0 Å². The summed E-state index contributed by atoms with van der Waals surface area (Å²) < 4.78 is 53.0. The Morgan fingerprint density at radius 2 is 1.82 bits per heavy atom. The highest BCUT2D eigenvalue weighted by atomic mass is 32.2. The van der Waals surface area contributed by atoms with Gasteiger partial charge in [0.2, 0.25) is 10.0 Å². The van der Waals surface area contributed by atoms with Crippen LogP contribution in [-0.2, 0) is 16.4 Å². The molecular formula is C14H13F2NO3S2. The average molecular weight is 345 g/mol. The van der Waals surface area contributed by atoms with E-state index in [0.29, 0.717) is 11.3 Å². The molecule has 1 N–H and O–H groups in total. The summed E-state index contributed by atoms with van der Waals surface area (Å²) in [5.41, 5.74) is 0. The van der Waals surface area contributed by atoms with E-state index in [4.69, 9.17) is 0 Å². The monoisotopic (exact) mass is 345 g/mol. The number of ketones is 1. The van der Waals surface area contributed by atoms with Crippen molar-refractivity contribution in [1.29, 1.82) is 0 Å². The van der Waals surface area contributed by atoms with Crippen LogP contribution in [0.1, 0.15) is 21.5 Å². The summed E-state index contributed by atoms with van der Waals surface area (Å²) in [6.45, 7) is 1.42. The van der Waals surface area contributed by atoms with Crippen LogP contribution >= 0.6 is 11.3 Å². The van der Waals surface area contributed by atoms with Crippen LogP contribution in [0, 0.1) is 11.6 Å². The number of rotatable bonds is 6. The number of carbonyl (C=O) groups is 1. The van der Waals surface area contributed by atoms with Gasteiger partial charge in [-0.05, 0) is 37.6 Å². The SMILES string of the molecule is CC(=O)c1ccc(CCNS(=O)(=O)c2c(F)cccc2F)s1. The summed E-state index contributed by atoms with van der Waals surface area (Å²) in [6.07, 6.45) is 0.327. The molecule has 0 saturated carbocycles. The Hall–Kier alpha value is -1.64. The van der Waals surface area contributed by atoms with Crippen molar-refractivity contribution >= 4 is 27.1 Å². The molecule has 2 aromatic rings. The molecule has 2 rings (SSSR count). The first kappa shape index (κ1) is 16.7. The van der Waals surface area contributed by atoms with Gasteiger partial charge in [-0.2, -0.15) is 0 Å². The Kier molecular flexibility index (Phi) is 5.05. The van der Waals surface area contributed by atoms with E-state index in [9.17, 15) is 22.0 Å². The summed E-state index contributed by atoms with van der Waals surface area (Å²) in [6, 6.07) is 6.25. The minimum atomic E-state index is -4.26. The van der Waals surface area contributed by atoms with Crippen molar-refractivity contribution in [1.82, 2.24) is 4.72 Å². The van der Waals surface area contributed by atoms with Crippen molar-refractivity contribution in [3.05, 3.63) is 51.7 Å². The van der Waals surface area contributed by atoms with E-state index in [0.717, 1.165) is 23.1 Å². The minimum Gasteiger partial charge on any atom is -0.294 e. The first-order valence-corrected chi connectivity index (χ1v) is 8.64. The lowest BCUT2D eigenvalue weighted by molar-refractivity contribution is 0.102. The molecule has 0 aliphatic rings. The van der Waals surface area contributed by atoms with Crippen molar-refractivity contribution in [2.24, 2.45) is 0 Å². The van der Waals surface area contributed by atoms with Gasteiger partial charge >= 0.3 is 0 Å². The Labute approximate surface area is 130 Å². The quantitative estimate of drug-likeness (QED) is 0.819. The van der Waals surface area contributed by atoms with Gasteiger partial charge in [-0.1, -0.05) is 6.07 Å². The number of nitrogens with one attached hydrogen (secondary N) is 1. The van der Waals surface area contributed by atoms with Crippen molar-refractivity contribution in [3.63, 3.8) is 0 Å². The van der Waals surface area contributed by atoms with E-state index >= 15 is 0 Å². The third-order valence-corrected chi connectivity index (χ3v) is 5.62. The second-order valence-corrected chi connectivity index (χ2v) is 7.39. The normalized spacial score (nSPS) is 11.6. The number of sulfonamides is 1. The summed E-state index contributed by atoms with van der Waals surface area (Å²) >= 11 is 1.26. The van der Waals surface area contributed by atoms with Crippen molar-refractivity contribution in [2.75, 3.05) is 6.54 Å². The van der Waals surface area contributed by atoms with Gasteiger partial charge in [0.1, 0.15) is 11.6 Å². The molecule has 4 nitrogen and oxygen atoms in total. The van der Waals surface area contributed by atoms with Gasteiger partial charge in [0.05, 0.1) is 4.88 Å². The van der Waals surface area contributed by atoms with Crippen LogP contribution in [0.4, 0.5) is 8.78 Å². The highest BCUT2D eigenvalue weighted by Crippen LogP contribution is 2.19. The van der Waals surface area contributed by atoms with Crippen LogP contribution in [0.5, 0.6) is 0 Å². The van der Waals surface area contributed by atoms with Gasteiger partial charge in [-0.3, -0.25) is 4.79 Å². The molecule has 0 spiro atoms. The van der Waals surface area contributed by atoms with Crippen molar-refractivity contribution < 1.29 is 22.0 Å². The van der Waals surface area contributed by atoms with Crippen LogP contribution in [0.3, 0.4) is 0 Å². The lowest BCUT2D eigenvalue weighted by Crippen LogP contribution is -2.27. The molecule has 0 fully saturated rings. The first-order valence-electron chi connectivity index (χ1n) is 6.34. The van der Waals surface area contributed by atoms with Gasteiger partial charge in [0.15, 0.2) is 10.7 Å². The molecule has 0 aliphatic carbocycles. The fourth-order valence-electron chi connectivity index (χ4n) is 1.82. The third kappa shape index (κ3) is 3.76. The highest BCUT2D eigenvalue weighted by Gasteiger charge is 2.23. The molecular weight excluding hydrogens is 332 g/mol. The maximum absolute atomic E-state index is 13.5. The molecule has 8 heteroatoms. The maximum atomic E-state index is 13.5. The van der Waals surface area contributed by atoms with Crippen LogP contribution in [-0.4, -0.2) is 20.7 Å². The van der Waals surface area contributed by atoms with E-state index < -0.39 is 26.6 Å². The summed E-state index contributed by atoms with van der Waals surface area (Å²) in [5.74, 6) is -2.34. The van der Waals surface area contributed by atoms with Crippen molar-refractivity contribution in [2.45, 2.75) is 18.2 Å². The number of Topliss-reactive ketones (excluding diaryl/α,β-unsaturated/α-hetero) is 1. The molecule has 0 unspecified atom stereocenters. The number of thiophene rings is 1. The van der Waals surface area contributed by atoms with Crippen LogP contribution in [0.15, 0.2) is 35.2 Å². The van der Waals surface area contributed by atoms with Gasteiger partial charge in [0.25, 0.3) is 0 Å². The van der Waals surface area contributed by atoms with Crippen LogP contribution in [0.2, 0.25) is 0 Å². The molecule has 1 heterocycles. The Balaban J connectivity index is 2.05. The molecule has 118 valence electrons. The molecule has 0 bridgehead atoms. The molecule has 1 aromatic heterocycles. The molecule has 22 heavy (non-hydrogen) atoms. The zero-order chi connectivity index (χ0) is 16.3. The van der Waals surface area contributed by atoms with Crippen molar-refractivity contribution in [3.8, 4) is 0 Å². The topological polar surface area (TPSA) is 63.2 Å². The smallest absolute Gasteiger partial charge is 0.246 e. The standard InChI is InChI=1S/C14H13F2NO3S2/c1-9(18)13-6-5-10(21-13)7-8-17-22(19,20)14-11(15)3-2-4-12(14)16/h2-6,17H,7-8H2,1H3. The second kappa shape index (κ2) is 6.64. The molecule has 0 radical (unpaired) electrons. The minimum absolute atomic E-state index is 0.0199. The lowest BCUT2D eigenvalue weighted by Gasteiger charge is -2.07. The Bertz CT molecular complexity index is 780. The van der Waals surface area contributed by atoms with E-state index in [2.05, 4.69) is 4.72 Å². The van der Waals surface area contributed by atoms with Gasteiger partial charge in [-0.15, -0.1) is 11.3 Å². The molecule has 0 aliphatic heterocycles. The molecule has 0 amide bonds. The predicted octanol–water partition coefficient (Wildman–Crippen LogP) is 2.75. The van der Waals surface area contributed by atoms with E-state index in [1.54, 1.807) is 12.1 Å². The van der Waals surface area contributed by atoms with Crippen LogP contribution < -0.4 is 4.72 Å². The molecule has 1 aromatic carbocycles. The summed E-state index contributed by atoms with van der Waals surface area (Å²) in [5, 5.41) is 0. The van der Waals surface area contributed by atoms with E-state index in [1.165, 1.54) is 18.3 Å². The predicted molar refractivity (Wildman–Crippen MR) is 79.6 cm³/mol. The largest absolute Gasteiger partial charge is 0.294 e.